The molecule has 1 aromatic carbocycles. The van der Waals surface area contributed by atoms with Crippen LogP contribution in [0.1, 0.15) is 36.0 Å². The van der Waals surface area contributed by atoms with E-state index >= 15 is 0 Å². The van der Waals surface area contributed by atoms with Crippen molar-refractivity contribution in [3.8, 4) is 0 Å². The van der Waals surface area contributed by atoms with E-state index < -0.39 is 15.9 Å². The zero-order valence-electron chi connectivity index (χ0n) is 10.5. The Morgan fingerprint density at radius 1 is 1.11 bits per heavy atom. The van der Waals surface area contributed by atoms with E-state index in [1.165, 1.54) is 6.07 Å². The smallest absolute Gasteiger partial charge is 0.269 e. The van der Waals surface area contributed by atoms with Gasteiger partial charge in [0.1, 0.15) is 4.90 Å². The Bertz CT molecular complexity index is 619. The van der Waals surface area contributed by atoms with Crippen LogP contribution in [0.25, 0.3) is 0 Å². The zero-order chi connectivity index (χ0) is 13.6. The first-order valence-corrected chi connectivity index (χ1v) is 7.89. The second-order valence-corrected chi connectivity index (χ2v) is 6.95. The Morgan fingerprint density at radius 2 is 1.74 bits per heavy atom. The fourth-order valence-electron chi connectivity index (χ4n) is 2.90. The molecule has 1 aromatic rings. The molecule has 2 aliphatic rings. The number of sulfonamides is 1. The van der Waals surface area contributed by atoms with E-state index in [0.717, 1.165) is 17.1 Å². The molecule has 0 radical (unpaired) electrons. The molecule has 1 fully saturated rings. The predicted molar refractivity (Wildman–Crippen MR) is 70.0 cm³/mol. The molecule has 0 aromatic heterocycles. The minimum atomic E-state index is -3.67. The van der Waals surface area contributed by atoms with Gasteiger partial charge in [-0.2, -0.15) is 0 Å². The summed E-state index contributed by atoms with van der Waals surface area (Å²) in [5.41, 5.74) is 6.12. The van der Waals surface area contributed by atoms with Gasteiger partial charge in [0.25, 0.3) is 15.9 Å². The SMILES string of the molecule is NC1CCC(N2C(=O)c3ccccc3S2(=O)=O)CC1. The molecule has 0 unspecified atom stereocenters. The molecule has 2 N–H and O–H groups in total. The van der Waals surface area contributed by atoms with Crippen LogP contribution < -0.4 is 5.73 Å². The van der Waals surface area contributed by atoms with Crippen LogP contribution in [-0.2, 0) is 10.0 Å². The van der Waals surface area contributed by atoms with Gasteiger partial charge in [-0.3, -0.25) is 4.79 Å². The number of rotatable bonds is 1. The number of benzene rings is 1. The van der Waals surface area contributed by atoms with Crippen LogP contribution in [0.2, 0.25) is 0 Å². The predicted octanol–water partition coefficient (Wildman–Crippen LogP) is 1.10. The lowest BCUT2D eigenvalue weighted by atomic mass is 9.91. The van der Waals surface area contributed by atoms with Crippen LogP contribution in [0, 0.1) is 0 Å². The quantitative estimate of drug-likeness (QED) is 0.835. The molecular formula is C13H16N2O3S. The lowest BCUT2D eigenvalue weighted by Gasteiger charge is -2.32. The summed E-state index contributed by atoms with van der Waals surface area (Å²) in [6, 6.07) is 6.28. The first-order chi connectivity index (χ1) is 9.01. The maximum atomic E-state index is 12.4. The molecule has 0 atom stereocenters. The van der Waals surface area contributed by atoms with E-state index in [2.05, 4.69) is 0 Å². The number of fused-ring (bicyclic) bond motifs is 1. The molecule has 6 heteroatoms. The average molecular weight is 280 g/mol. The Hall–Kier alpha value is -1.40. The molecule has 0 spiro atoms. The van der Waals surface area contributed by atoms with Crippen molar-refractivity contribution in [2.75, 3.05) is 0 Å². The van der Waals surface area contributed by atoms with Gasteiger partial charge in [0.15, 0.2) is 0 Å². The van der Waals surface area contributed by atoms with Crippen molar-refractivity contribution in [2.45, 2.75) is 42.7 Å². The summed E-state index contributed by atoms with van der Waals surface area (Å²) in [7, 11) is -3.67. The summed E-state index contributed by atoms with van der Waals surface area (Å²) in [5, 5.41) is 0. The lowest BCUT2D eigenvalue weighted by Crippen LogP contribution is -2.43. The number of hydrogen-bond acceptors (Lipinski definition) is 4. The molecule has 102 valence electrons. The molecule has 19 heavy (non-hydrogen) atoms. The number of nitrogens with two attached hydrogens (primary N) is 1. The summed E-state index contributed by atoms with van der Waals surface area (Å²) < 4.78 is 26.0. The van der Waals surface area contributed by atoms with Gasteiger partial charge >= 0.3 is 0 Å². The van der Waals surface area contributed by atoms with Crippen LogP contribution >= 0.6 is 0 Å². The Labute approximate surface area is 112 Å². The van der Waals surface area contributed by atoms with Gasteiger partial charge in [-0.25, -0.2) is 12.7 Å². The number of nitrogens with zero attached hydrogens (tertiary/aromatic N) is 1. The summed E-state index contributed by atoms with van der Waals surface area (Å²) in [6.07, 6.45) is 2.83. The van der Waals surface area contributed by atoms with Crippen molar-refractivity contribution in [1.29, 1.82) is 0 Å². The molecular weight excluding hydrogens is 264 g/mol. The topological polar surface area (TPSA) is 80.5 Å². The number of amides is 1. The molecule has 1 amide bonds. The van der Waals surface area contributed by atoms with Gasteiger partial charge < -0.3 is 5.73 Å². The van der Waals surface area contributed by atoms with E-state index in [1.54, 1.807) is 18.2 Å². The van der Waals surface area contributed by atoms with Crippen molar-refractivity contribution in [1.82, 2.24) is 4.31 Å². The minimum absolute atomic E-state index is 0.124. The van der Waals surface area contributed by atoms with Crippen LogP contribution in [0.3, 0.4) is 0 Å². The Balaban J connectivity index is 1.99. The van der Waals surface area contributed by atoms with Gasteiger partial charge in [-0.05, 0) is 37.8 Å². The first kappa shape index (κ1) is 12.6. The highest BCUT2D eigenvalue weighted by Crippen LogP contribution is 2.35. The monoisotopic (exact) mass is 280 g/mol. The van der Waals surface area contributed by atoms with Gasteiger partial charge in [0.05, 0.1) is 5.56 Å². The standard InChI is InChI=1S/C13H16N2O3S/c14-9-5-7-10(8-6-9)15-13(16)11-3-1-2-4-12(11)19(15,17)18/h1-4,9-10H,5-8,14H2. The van der Waals surface area contributed by atoms with E-state index in [0.29, 0.717) is 12.8 Å². The van der Waals surface area contributed by atoms with Crippen LogP contribution in [0.5, 0.6) is 0 Å². The normalized spacial score (nSPS) is 29.3. The second kappa shape index (κ2) is 4.31. The highest BCUT2D eigenvalue weighted by molar-refractivity contribution is 7.90. The fourth-order valence-corrected chi connectivity index (χ4v) is 4.72. The molecule has 1 aliphatic carbocycles. The minimum Gasteiger partial charge on any atom is -0.328 e. The summed E-state index contributed by atoms with van der Waals surface area (Å²) in [6.45, 7) is 0. The van der Waals surface area contributed by atoms with Crippen LogP contribution in [-0.4, -0.2) is 30.7 Å². The second-order valence-electron chi connectivity index (χ2n) is 5.17. The molecule has 1 heterocycles. The van der Waals surface area contributed by atoms with Gasteiger partial charge in [0.2, 0.25) is 0 Å². The van der Waals surface area contributed by atoms with Gasteiger partial charge in [0, 0.05) is 12.1 Å². The summed E-state index contributed by atoms with van der Waals surface area (Å²) in [4.78, 5) is 12.4. The number of carbonyl (C=O) groups is 1. The third-order valence-corrected chi connectivity index (χ3v) is 5.82. The van der Waals surface area contributed by atoms with Crippen molar-refractivity contribution in [3.63, 3.8) is 0 Å². The Morgan fingerprint density at radius 3 is 2.37 bits per heavy atom. The maximum absolute atomic E-state index is 12.4. The highest BCUT2D eigenvalue weighted by atomic mass is 32.2. The van der Waals surface area contributed by atoms with E-state index in [-0.39, 0.29) is 22.5 Å². The maximum Gasteiger partial charge on any atom is 0.269 e. The van der Waals surface area contributed by atoms with E-state index in [1.807, 2.05) is 0 Å². The third-order valence-electron chi connectivity index (χ3n) is 3.93. The fraction of sp³-hybridized carbons (Fsp3) is 0.462. The lowest BCUT2D eigenvalue weighted by molar-refractivity contribution is 0.0806. The van der Waals surface area contributed by atoms with Gasteiger partial charge in [-0.15, -0.1) is 0 Å². The van der Waals surface area contributed by atoms with E-state index in [4.69, 9.17) is 5.73 Å². The van der Waals surface area contributed by atoms with Crippen molar-refractivity contribution < 1.29 is 13.2 Å². The first-order valence-electron chi connectivity index (χ1n) is 6.45. The highest BCUT2D eigenvalue weighted by Gasteiger charge is 2.45. The summed E-state index contributed by atoms with van der Waals surface area (Å²) >= 11 is 0. The zero-order valence-corrected chi connectivity index (χ0v) is 11.3. The van der Waals surface area contributed by atoms with E-state index in [9.17, 15) is 13.2 Å². The molecule has 0 saturated heterocycles. The van der Waals surface area contributed by atoms with Crippen LogP contribution in [0.4, 0.5) is 0 Å². The molecule has 0 bridgehead atoms. The van der Waals surface area contributed by atoms with Crippen LogP contribution in [0.15, 0.2) is 29.2 Å². The van der Waals surface area contributed by atoms with Gasteiger partial charge in [-0.1, -0.05) is 12.1 Å². The van der Waals surface area contributed by atoms with Crippen molar-refractivity contribution in [2.24, 2.45) is 5.73 Å². The molecule has 3 rings (SSSR count). The molecule has 1 aliphatic heterocycles. The number of carbonyl (C=O) groups excluding carboxylic acids is 1. The molecule has 1 saturated carbocycles. The molecule has 5 nitrogen and oxygen atoms in total. The number of hydrogen-bond donors (Lipinski definition) is 1. The van der Waals surface area contributed by atoms with Crippen molar-refractivity contribution in [3.05, 3.63) is 29.8 Å². The largest absolute Gasteiger partial charge is 0.328 e. The Kier molecular flexibility index (Phi) is 2.87. The van der Waals surface area contributed by atoms with Crippen molar-refractivity contribution >= 4 is 15.9 Å². The summed E-state index contributed by atoms with van der Waals surface area (Å²) in [5.74, 6) is -0.393. The third kappa shape index (κ3) is 1.86. The average Bonchev–Trinajstić information content (AvgIpc) is 2.60.